The van der Waals surface area contributed by atoms with Gasteiger partial charge in [0, 0.05) is 18.7 Å². The first kappa shape index (κ1) is 18.8. The van der Waals surface area contributed by atoms with Crippen LogP contribution >= 0.6 is 0 Å². The van der Waals surface area contributed by atoms with Crippen molar-refractivity contribution < 1.29 is 0 Å². The Hall–Kier alpha value is -3.56. The van der Waals surface area contributed by atoms with Crippen LogP contribution in [0.5, 0.6) is 0 Å². The Labute approximate surface area is 153 Å². The van der Waals surface area contributed by atoms with E-state index in [1.807, 2.05) is 55.1 Å². The topological polar surface area (TPSA) is 114 Å². The summed E-state index contributed by atoms with van der Waals surface area (Å²) in [6.45, 7) is 5.18. The Kier molecular flexibility index (Phi) is 6.15. The Morgan fingerprint density at radius 1 is 1.04 bits per heavy atom. The van der Waals surface area contributed by atoms with E-state index in [2.05, 4.69) is 17.1 Å². The molecule has 2 rings (SSSR count). The Bertz CT molecular complexity index is 895. The molecule has 0 bridgehead atoms. The Balaban J connectivity index is 2.70. The summed E-state index contributed by atoms with van der Waals surface area (Å²) in [7, 11) is 0. The van der Waals surface area contributed by atoms with Gasteiger partial charge in [-0.2, -0.15) is 15.8 Å². The van der Waals surface area contributed by atoms with Crippen LogP contribution in [0.25, 0.3) is 0 Å². The lowest BCUT2D eigenvalue weighted by molar-refractivity contribution is 0.816. The number of anilines is 2. The van der Waals surface area contributed by atoms with Crippen molar-refractivity contribution in [1.82, 2.24) is 4.98 Å². The van der Waals surface area contributed by atoms with E-state index in [0.29, 0.717) is 30.9 Å². The average molecular weight is 344 g/mol. The van der Waals surface area contributed by atoms with Crippen molar-refractivity contribution in [2.24, 2.45) is 0 Å². The van der Waals surface area contributed by atoms with Crippen LogP contribution in [0.1, 0.15) is 42.0 Å². The van der Waals surface area contributed by atoms with Crippen molar-refractivity contribution in [3.63, 3.8) is 0 Å². The maximum absolute atomic E-state index is 9.78. The smallest absolute Gasteiger partial charge is 0.149 e. The summed E-state index contributed by atoms with van der Waals surface area (Å²) in [6.07, 6.45) is 0.391. The first-order valence-electron chi connectivity index (χ1n) is 8.43. The molecule has 6 heteroatoms. The second-order valence-corrected chi connectivity index (χ2v) is 5.75. The predicted molar refractivity (Wildman–Crippen MR) is 100 cm³/mol. The number of nitriles is 3. The van der Waals surface area contributed by atoms with E-state index in [9.17, 15) is 15.8 Å². The van der Waals surface area contributed by atoms with Crippen LogP contribution in [-0.2, 0) is 6.42 Å². The largest absolute Gasteiger partial charge is 0.383 e. The lowest BCUT2D eigenvalue weighted by atomic mass is 9.87. The van der Waals surface area contributed by atoms with Crippen LogP contribution in [0.15, 0.2) is 30.3 Å². The van der Waals surface area contributed by atoms with Gasteiger partial charge < -0.3 is 10.6 Å². The molecule has 6 nitrogen and oxygen atoms in total. The number of pyridine rings is 1. The van der Waals surface area contributed by atoms with Gasteiger partial charge in [-0.3, -0.25) is 0 Å². The fourth-order valence-electron chi connectivity index (χ4n) is 3.00. The molecule has 0 aliphatic heterocycles. The van der Waals surface area contributed by atoms with Crippen LogP contribution in [0.3, 0.4) is 0 Å². The van der Waals surface area contributed by atoms with Crippen LogP contribution in [0.2, 0.25) is 0 Å². The normalized spacial score (nSPS) is 11.0. The van der Waals surface area contributed by atoms with E-state index in [4.69, 9.17) is 5.73 Å². The van der Waals surface area contributed by atoms with Gasteiger partial charge in [0.1, 0.15) is 34.9 Å². The Morgan fingerprint density at radius 3 is 2.15 bits per heavy atom. The van der Waals surface area contributed by atoms with E-state index in [1.54, 1.807) is 0 Å². The zero-order valence-electron chi connectivity index (χ0n) is 14.9. The van der Waals surface area contributed by atoms with Gasteiger partial charge in [-0.05, 0) is 25.8 Å². The van der Waals surface area contributed by atoms with E-state index in [-0.39, 0.29) is 16.9 Å². The van der Waals surface area contributed by atoms with Crippen LogP contribution in [0, 0.1) is 34.0 Å². The van der Waals surface area contributed by atoms with E-state index < -0.39 is 5.92 Å². The van der Waals surface area contributed by atoms with Gasteiger partial charge in [0.2, 0.25) is 0 Å². The minimum Gasteiger partial charge on any atom is -0.383 e. The van der Waals surface area contributed by atoms with Crippen molar-refractivity contribution >= 4 is 11.6 Å². The van der Waals surface area contributed by atoms with Crippen molar-refractivity contribution in [2.45, 2.75) is 26.2 Å². The standard InChI is InChI=1S/C20H20N6/c1-3-26(4-2)20-17(13-23)18(16(12-22)19(24)25-20)15(11-21)10-14-8-6-5-7-9-14/h5-9,15H,3-4,10H2,1-2H3,(H2,24,25)/t15-/m0/s1. The van der Waals surface area contributed by atoms with E-state index >= 15 is 0 Å². The predicted octanol–water partition coefficient (Wildman–Crippen LogP) is 3.10. The molecule has 0 aliphatic carbocycles. The fraction of sp³-hybridized carbons (Fsp3) is 0.300. The molecule has 0 amide bonds. The summed E-state index contributed by atoms with van der Waals surface area (Å²) in [5.74, 6) is -0.185. The van der Waals surface area contributed by atoms with E-state index in [1.165, 1.54) is 0 Å². The molecule has 0 aliphatic rings. The van der Waals surface area contributed by atoms with Crippen LogP contribution in [0.4, 0.5) is 11.6 Å². The summed E-state index contributed by atoms with van der Waals surface area (Å²) in [6, 6.07) is 15.9. The van der Waals surface area contributed by atoms with Crippen LogP contribution < -0.4 is 10.6 Å². The van der Waals surface area contributed by atoms with Crippen LogP contribution in [-0.4, -0.2) is 18.1 Å². The molecule has 1 aromatic carbocycles. The first-order chi connectivity index (χ1) is 12.6. The fourth-order valence-corrected chi connectivity index (χ4v) is 3.00. The first-order valence-corrected chi connectivity index (χ1v) is 8.43. The van der Waals surface area contributed by atoms with Crippen molar-refractivity contribution in [3.8, 4) is 18.2 Å². The zero-order valence-corrected chi connectivity index (χ0v) is 14.9. The summed E-state index contributed by atoms with van der Waals surface area (Å²) in [5.41, 5.74) is 7.69. The quantitative estimate of drug-likeness (QED) is 0.861. The highest BCUT2D eigenvalue weighted by Crippen LogP contribution is 2.34. The van der Waals surface area contributed by atoms with Gasteiger partial charge in [-0.25, -0.2) is 4.98 Å². The lowest BCUT2D eigenvalue weighted by Crippen LogP contribution is -2.26. The minimum atomic E-state index is -0.665. The molecule has 26 heavy (non-hydrogen) atoms. The summed E-state index contributed by atoms with van der Waals surface area (Å²) >= 11 is 0. The van der Waals surface area contributed by atoms with Crippen molar-refractivity contribution in [3.05, 3.63) is 52.6 Å². The van der Waals surface area contributed by atoms with Gasteiger partial charge in [0.25, 0.3) is 0 Å². The number of aromatic nitrogens is 1. The summed E-state index contributed by atoms with van der Waals surface area (Å²) in [5, 5.41) is 29.1. The molecule has 0 radical (unpaired) electrons. The number of nitrogens with two attached hydrogens (primary N) is 1. The molecule has 0 fully saturated rings. The number of nitrogens with zero attached hydrogens (tertiary/aromatic N) is 5. The minimum absolute atomic E-state index is 0.0525. The second-order valence-electron chi connectivity index (χ2n) is 5.75. The molecule has 1 atom stereocenters. The van der Waals surface area contributed by atoms with E-state index in [0.717, 1.165) is 5.56 Å². The zero-order chi connectivity index (χ0) is 19.1. The number of hydrogen-bond donors (Lipinski definition) is 1. The molecule has 2 aromatic rings. The molecule has 130 valence electrons. The monoisotopic (exact) mass is 344 g/mol. The molecule has 0 spiro atoms. The molecular formula is C20H20N6. The number of benzene rings is 1. The summed E-state index contributed by atoms with van der Waals surface area (Å²) in [4.78, 5) is 6.19. The molecule has 1 heterocycles. The molecular weight excluding hydrogens is 324 g/mol. The van der Waals surface area contributed by atoms with Crippen molar-refractivity contribution in [1.29, 1.82) is 15.8 Å². The second kappa shape index (κ2) is 8.51. The number of rotatable bonds is 6. The molecule has 0 saturated heterocycles. The molecule has 2 N–H and O–H groups in total. The highest BCUT2D eigenvalue weighted by atomic mass is 15.2. The molecule has 0 unspecified atom stereocenters. The lowest BCUT2D eigenvalue weighted by Gasteiger charge is -2.24. The number of hydrogen-bond acceptors (Lipinski definition) is 6. The van der Waals surface area contributed by atoms with Gasteiger partial charge in [0.15, 0.2) is 0 Å². The maximum atomic E-state index is 9.78. The van der Waals surface area contributed by atoms with Crippen molar-refractivity contribution in [2.75, 3.05) is 23.7 Å². The third-order valence-electron chi connectivity index (χ3n) is 4.32. The maximum Gasteiger partial charge on any atom is 0.149 e. The highest BCUT2D eigenvalue weighted by Gasteiger charge is 2.27. The van der Waals surface area contributed by atoms with Gasteiger partial charge >= 0.3 is 0 Å². The highest BCUT2D eigenvalue weighted by molar-refractivity contribution is 5.70. The molecule has 1 aromatic heterocycles. The average Bonchev–Trinajstić information content (AvgIpc) is 2.67. The summed E-state index contributed by atoms with van der Waals surface area (Å²) < 4.78 is 0. The van der Waals surface area contributed by atoms with Gasteiger partial charge in [-0.15, -0.1) is 0 Å². The van der Waals surface area contributed by atoms with Gasteiger partial charge in [0.05, 0.1) is 12.0 Å². The van der Waals surface area contributed by atoms with Gasteiger partial charge in [-0.1, -0.05) is 30.3 Å². The SMILES string of the molecule is CCN(CC)c1nc(N)c(C#N)c([C@H](C#N)Cc2ccccc2)c1C#N. The third kappa shape index (κ3) is 3.58. The molecule has 0 saturated carbocycles. The number of nitrogen functional groups attached to an aromatic ring is 1. The Morgan fingerprint density at radius 2 is 1.65 bits per heavy atom. The third-order valence-corrected chi connectivity index (χ3v) is 4.32.